The van der Waals surface area contributed by atoms with Crippen LogP contribution in [0.25, 0.3) is 0 Å². The predicted molar refractivity (Wildman–Crippen MR) is 75.3 cm³/mol. The lowest BCUT2D eigenvalue weighted by Gasteiger charge is -2.14. The van der Waals surface area contributed by atoms with Gasteiger partial charge in [-0.3, -0.25) is 4.79 Å². The Morgan fingerprint density at radius 1 is 1.50 bits per heavy atom. The summed E-state index contributed by atoms with van der Waals surface area (Å²) in [6.07, 6.45) is 0. The summed E-state index contributed by atoms with van der Waals surface area (Å²) in [7, 11) is 1.61. The smallest absolute Gasteiger partial charge is 0.236 e. The highest BCUT2D eigenvalue weighted by Gasteiger charge is 2.10. The van der Waals surface area contributed by atoms with Crippen LogP contribution in [-0.2, 0) is 16.1 Å². The van der Waals surface area contributed by atoms with E-state index in [4.69, 9.17) is 4.74 Å². The summed E-state index contributed by atoms with van der Waals surface area (Å²) in [6.45, 7) is 3.58. The first-order valence-electron chi connectivity index (χ1n) is 5.88. The number of benzene rings is 1. The summed E-state index contributed by atoms with van der Waals surface area (Å²) in [5.41, 5.74) is 1.14. The summed E-state index contributed by atoms with van der Waals surface area (Å²) in [5.74, 6) is -0.0120. The number of halogens is 1. The highest BCUT2D eigenvalue weighted by molar-refractivity contribution is 9.10. The molecule has 0 aliphatic heterocycles. The zero-order chi connectivity index (χ0) is 13.4. The van der Waals surface area contributed by atoms with E-state index in [0.29, 0.717) is 19.7 Å². The first-order chi connectivity index (χ1) is 8.63. The van der Waals surface area contributed by atoms with E-state index in [2.05, 4.69) is 26.6 Å². The molecule has 0 bridgehead atoms. The predicted octanol–water partition coefficient (Wildman–Crippen LogP) is 1.69. The summed E-state index contributed by atoms with van der Waals surface area (Å²) >= 11 is 3.42. The third kappa shape index (κ3) is 5.62. The van der Waals surface area contributed by atoms with E-state index in [1.165, 1.54) is 0 Å². The third-order valence-electron chi connectivity index (χ3n) is 2.50. The fraction of sp³-hybridized carbons (Fsp3) is 0.462. The van der Waals surface area contributed by atoms with Gasteiger partial charge in [-0.2, -0.15) is 0 Å². The molecule has 4 nitrogen and oxygen atoms in total. The normalized spacial score (nSPS) is 12.2. The average Bonchev–Trinajstić information content (AvgIpc) is 2.36. The number of rotatable bonds is 7. The van der Waals surface area contributed by atoms with Crippen molar-refractivity contribution in [2.45, 2.75) is 19.5 Å². The van der Waals surface area contributed by atoms with Crippen molar-refractivity contribution < 1.29 is 9.53 Å². The van der Waals surface area contributed by atoms with Crippen LogP contribution < -0.4 is 10.6 Å². The minimum atomic E-state index is -0.221. The molecule has 1 aromatic rings. The molecule has 0 aromatic heterocycles. The van der Waals surface area contributed by atoms with Gasteiger partial charge < -0.3 is 15.4 Å². The number of carbonyl (C=O) groups excluding carboxylic acids is 1. The van der Waals surface area contributed by atoms with Gasteiger partial charge in [-0.05, 0) is 24.6 Å². The number of hydrogen-bond donors (Lipinski definition) is 2. The number of carbonyl (C=O) groups is 1. The van der Waals surface area contributed by atoms with Crippen molar-refractivity contribution in [1.82, 2.24) is 10.6 Å². The van der Waals surface area contributed by atoms with Crippen LogP contribution in [-0.4, -0.2) is 32.2 Å². The Kier molecular flexibility index (Phi) is 6.93. The first-order valence-corrected chi connectivity index (χ1v) is 6.67. The minimum Gasteiger partial charge on any atom is -0.383 e. The fourth-order valence-electron chi connectivity index (χ4n) is 1.44. The van der Waals surface area contributed by atoms with E-state index < -0.39 is 0 Å². The van der Waals surface area contributed by atoms with Crippen LogP contribution in [0.4, 0.5) is 0 Å². The SMILES string of the molecule is COCCNC(=O)C(C)NCc1cccc(Br)c1. The van der Waals surface area contributed by atoms with Crippen molar-refractivity contribution in [3.63, 3.8) is 0 Å². The second kappa shape index (κ2) is 8.24. The van der Waals surface area contributed by atoms with Crippen LogP contribution >= 0.6 is 15.9 Å². The average molecular weight is 315 g/mol. The van der Waals surface area contributed by atoms with E-state index in [9.17, 15) is 4.79 Å². The van der Waals surface area contributed by atoms with Gasteiger partial charge in [-0.15, -0.1) is 0 Å². The molecule has 0 heterocycles. The molecule has 1 aromatic carbocycles. The summed E-state index contributed by atoms with van der Waals surface area (Å²) in [4.78, 5) is 11.7. The van der Waals surface area contributed by atoms with Crippen molar-refractivity contribution in [2.75, 3.05) is 20.3 Å². The molecular formula is C13H19BrN2O2. The van der Waals surface area contributed by atoms with Gasteiger partial charge in [0.25, 0.3) is 0 Å². The first kappa shape index (κ1) is 15.1. The molecule has 0 aliphatic rings. The van der Waals surface area contributed by atoms with Gasteiger partial charge in [0, 0.05) is 24.7 Å². The van der Waals surface area contributed by atoms with Crippen molar-refractivity contribution in [3.05, 3.63) is 34.3 Å². The largest absolute Gasteiger partial charge is 0.383 e. The highest BCUT2D eigenvalue weighted by Crippen LogP contribution is 2.11. The van der Waals surface area contributed by atoms with E-state index >= 15 is 0 Å². The lowest BCUT2D eigenvalue weighted by atomic mass is 10.2. The lowest BCUT2D eigenvalue weighted by molar-refractivity contribution is -0.122. The molecule has 0 radical (unpaired) electrons. The van der Waals surface area contributed by atoms with Crippen LogP contribution in [0.3, 0.4) is 0 Å². The van der Waals surface area contributed by atoms with Crippen molar-refractivity contribution >= 4 is 21.8 Å². The number of nitrogens with one attached hydrogen (secondary N) is 2. The molecule has 1 amide bonds. The van der Waals surface area contributed by atoms with Crippen LogP contribution in [0.2, 0.25) is 0 Å². The van der Waals surface area contributed by atoms with Gasteiger partial charge in [0.15, 0.2) is 0 Å². The zero-order valence-corrected chi connectivity index (χ0v) is 12.3. The van der Waals surface area contributed by atoms with Gasteiger partial charge in [0.1, 0.15) is 0 Å². The molecule has 18 heavy (non-hydrogen) atoms. The molecule has 0 spiro atoms. The van der Waals surface area contributed by atoms with E-state index in [1.54, 1.807) is 7.11 Å². The Hall–Kier alpha value is -0.910. The molecule has 2 N–H and O–H groups in total. The monoisotopic (exact) mass is 314 g/mol. The summed E-state index contributed by atoms with van der Waals surface area (Å²) in [6, 6.07) is 7.78. The summed E-state index contributed by atoms with van der Waals surface area (Å²) < 4.78 is 5.91. The van der Waals surface area contributed by atoms with Crippen LogP contribution in [0.1, 0.15) is 12.5 Å². The highest BCUT2D eigenvalue weighted by atomic mass is 79.9. The topological polar surface area (TPSA) is 50.4 Å². The molecule has 1 unspecified atom stereocenters. The standard InChI is InChI=1S/C13H19BrN2O2/c1-10(13(17)15-6-7-18-2)16-9-11-4-3-5-12(14)8-11/h3-5,8,10,16H,6-7,9H2,1-2H3,(H,15,17). The second-order valence-corrected chi connectivity index (χ2v) is 4.93. The minimum absolute atomic E-state index is 0.0120. The number of hydrogen-bond acceptors (Lipinski definition) is 3. The molecule has 0 saturated carbocycles. The molecule has 0 fully saturated rings. The molecular weight excluding hydrogens is 296 g/mol. The van der Waals surface area contributed by atoms with Crippen molar-refractivity contribution in [2.24, 2.45) is 0 Å². The fourth-order valence-corrected chi connectivity index (χ4v) is 1.89. The Labute approximate surface area is 116 Å². The molecule has 1 atom stereocenters. The van der Waals surface area contributed by atoms with Gasteiger partial charge >= 0.3 is 0 Å². The quantitative estimate of drug-likeness (QED) is 0.753. The third-order valence-corrected chi connectivity index (χ3v) is 2.99. The van der Waals surface area contributed by atoms with Crippen LogP contribution in [0, 0.1) is 0 Å². The lowest BCUT2D eigenvalue weighted by Crippen LogP contribution is -2.42. The molecule has 5 heteroatoms. The van der Waals surface area contributed by atoms with E-state index in [0.717, 1.165) is 10.0 Å². The Bertz CT molecular complexity index is 385. The number of ether oxygens (including phenoxy) is 1. The van der Waals surface area contributed by atoms with Crippen molar-refractivity contribution in [1.29, 1.82) is 0 Å². The number of amides is 1. The van der Waals surface area contributed by atoms with Crippen LogP contribution in [0.5, 0.6) is 0 Å². The van der Waals surface area contributed by atoms with Crippen LogP contribution in [0.15, 0.2) is 28.7 Å². The molecule has 0 saturated heterocycles. The second-order valence-electron chi connectivity index (χ2n) is 4.02. The summed E-state index contributed by atoms with van der Waals surface area (Å²) in [5, 5.41) is 5.97. The molecule has 0 aliphatic carbocycles. The van der Waals surface area contributed by atoms with Gasteiger partial charge in [-0.1, -0.05) is 28.1 Å². The Morgan fingerprint density at radius 3 is 2.94 bits per heavy atom. The number of methoxy groups -OCH3 is 1. The van der Waals surface area contributed by atoms with Gasteiger partial charge in [0.2, 0.25) is 5.91 Å². The zero-order valence-electron chi connectivity index (χ0n) is 10.7. The maximum absolute atomic E-state index is 11.7. The maximum atomic E-state index is 11.7. The molecule has 1 rings (SSSR count). The van der Waals surface area contributed by atoms with E-state index in [1.807, 2.05) is 31.2 Å². The van der Waals surface area contributed by atoms with Crippen molar-refractivity contribution in [3.8, 4) is 0 Å². The molecule has 100 valence electrons. The Balaban J connectivity index is 2.32. The maximum Gasteiger partial charge on any atom is 0.236 e. The van der Waals surface area contributed by atoms with E-state index in [-0.39, 0.29) is 11.9 Å². The Morgan fingerprint density at radius 2 is 2.28 bits per heavy atom. The van der Waals surface area contributed by atoms with Gasteiger partial charge in [0.05, 0.1) is 12.6 Å². The van der Waals surface area contributed by atoms with Gasteiger partial charge in [-0.25, -0.2) is 0 Å².